The van der Waals surface area contributed by atoms with E-state index in [0.717, 1.165) is 17.7 Å². The van der Waals surface area contributed by atoms with Gasteiger partial charge in [-0.3, -0.25) is 0 Å². The number of quaternary nitrogens is 1. The van der Waals surface area contributed by atoms with Crippen molar-refractivity contribution in [3.8, 4) is 0 Å². The molecule has 0 radical (unpaired) electrons. The van der Waals surface area contributed by atoms with Gasteiger partial charge in [0.15, 0.2) is 0 Å². The van der Waals surface area contributed by atoms with Gasteiger partial charge < -0.3 is 4.90 Å². The van der Waals surface area contributed by atoms with E-state index in [-0.39, 0.29) is 19.1 Å². The summed E-state index contributed by atoms with van der Waals surface area (Å²) in [7, 11) is -4.19. The van der Waals surface area contributed by atoms with Crippen LogP contribution in [0.15, 0.2) is 59.5 Å². The Morgan fingerprint density at radius 3 is 2.11 bits per heavy atom. The molecular weight excluding hydrogens is 377 g/mol. The first kappa shape index (κ1) is 19.9. The molecule has 3 rings (SSSR count). The molecule has 0 spiro atoms. The number of nitrogens with zero attached hydrogens (tertiary/aromatic N) is 1. The fourth-order valence-corrected chi connectivity index (χ4v) is 5.14. The summed E-state index contributed by atoms with van der Waals surface area (Å²) in [4.78, 5) is 0.550. The van der Waals surface area contributed by atoms with Crippen LogP contribution in [0.3, 0.4) is 0 Å². The molecule has 1 aliphatic rings. The summed E-state index contributed by atoms with van der Waals surface area (Å²) >= 11 is 0. The van der Waals surface area contributed by atoms with Gasteiger partial charge in [0.1, 0.15) is 6.04 Å². The number of rotatable bonds is 4. The second-order valence-electron chi connectivity index (χ2n) is 6.69. The van der Waals surface area contributed by atoms with Gasteiger partial charge in [0, 0.05) is 5.56 Å². The number of sulfonamides is 1. The first-order valence-corrected chi connectivity index (χ1v) is 10.2. The Hall–Kier alpha value is -1.90. The van der Waals surface area contributed by atoms with Crippen molar-refractivity contribution in [2.75, 3.05) is 26.2 Å². The SMILES string of the molecule is C[C@H](c1ccccc1)[NH+]1CCN(S(=O)(=O)c2ccccc2C(F)(F)F)CC1. The minimum Gasteiger partial charge on any atom is -0.327 e. The Morgan fingerprint density at radius 1 is 0.963 bits per heavy atom. The molecule has 2 aromatic carbocycles. The second kappa shape index (κ2) is 7.61. The Labute approximate surface area is 157 Å². The molecular formula is C19H22F3N2O2S+. The molecule has 1 fully saturated rings. The zero-order valence-corrected chi connectivity index (χ0v) is 15.7. The number of nitrogens with one attached hydrogen (secondary N) is 1. The first-order chi connectivity index (χ1) is 12.7. The Kier molecular flexibility index (Phi) is 5.60. The van der Waals surface area contributed by atoms with Crippen LogP contribution in [-0.2, 0) is 16.2 Å². The third kappa shape index (κ3) is 4.17. The minimum absolute atomic E-state index is 0.193. The summed E-state index contributed by atoms with van der Waals surface area (Å²) in [6, 6.07) is 14.5. The fraction of sp³-hybridized carbons (Fsp3) is 0.368. The lowest BCUT2D eigenvalue weighted by atomic mass is 10.1. The summed E-state index contributed by atoms with van der Waals surface area (Å²) < 4.78 is 66.4. The normalized spacial score (nSPS) is 18.4. The minimum atomic E-state index is -4.71. The van der Waals surface area contributed by atoms with Gasteiger partial charge in [0.05, 0.1) is 36.6 Å². The molecule has 146 valence electrons. The van der Waals surface area contributed by atoms with E-state index >= 15 is 0 Å². The first-order valence-electron chi connectivity index (χ1n) is 8.77. The summed E-state index contributed by atoms with van der Waals surface area (Å²) in [5.41, 5.74) is 0.0451. The van der Waals surface area contributed by atoms with Gasteiger partial charge >= 0.3 is 6.18 Å². The molecule has 1 aliphatic heterocycles. The number of hydrogen-bond donors (Lipinski definition) is 1. The quantitative estimate of drug-likeness (QED) is 0.858. The molecule has 4 nitrogen and oxygen atoms in total. The van der Waals surface area contributed by atoms with E-state index in [2.05, 4.69) is 6.92 Å². The second-order valence-corrected chi connectivity index (χ2v) is 8.59. The summed E-state index contributed by atoms with van der Waals surface area (Å²) in [5.74, 6) is 0. The topological polar surface area (TPSA) is 41.8 Å². The third-order valence-electron chi connectivity index (χ3n) is 5.09. The lowest BCUT2D eigenvalue weighted by molar-refractivity contribution is -0.933. The van der Waals surface area contributed by atoms with Crippen molar-refractivity contribution in [2.24, 2.45) is 0 Å². The zero-order chi connectivity index (χ0) is 19.7. The lowest BCUT2D eigenvalue weighted by Gasteiger charge is -2.35. The van der Waals surface area contributed by atoms with Crippen LogP contribution in [0, 0.1) is 0 Å². The van der Waals surface area contributed by atoms with Crippen LogP contribution >= 0.6 is 0 Å². The van der Waals surface area contributed by atoms with Crippen LogP contribution in [0.25, 0.3) is 0 Å². The molecule has 0 amide bonds. The summed E-state index contributed by atoms with van der Waals surface area (Å²) in [5, 5.41) is 0. The molecule has 1 atom stereocenters. The zero-order valence-electron chi connectivity index (χ0n) is 14.9. The van der Waals surface area contributed by atoms with Gasteiger partial charge in [-0.1, -0.05) is 42.5 Å². The van der Waals surface area contributed by atoms with E-state index < -0.39 is 26.7 Å². The van der Waals surface area contributed by atoms with Crippen LogP contribution in [0.4, 0.5) is 13.2 Å². The molecule has 1 saturated heterocycles. The van der Waals surface area contributed by atoms with Crippen molar-refractivity contribution in [3.63, 3.8) is 0 Å². The predicted molar refractivity (Wildman–Crippen MR) is 95.8 cm³/mol. The van der Waals surface area contributed by atoms with E-state index in [1.807, 2.05) is 30.3 Å². The van der Waals surface area contributed by atoms with Crippen molar-refractivity contribution in [3.05, 3.63) is 65.7 Å². The highest BCUT2D eigenvalue weighted by atomic mass is 32.2. The summed E-state index contributed by atoms with van der Waals surface area (Å²) in [6.07, 6.45) is -4.71. The molecule has 0 aliphatic carbocycles. The lowest BCUT2D eigenvalue weighted by Crippen LogP contribution is -3.14. The van der Waals surface area contributed by atoms with Crippen molar-refractivity contribution in [1.82, 2.24) is 4.31 Å². The van der Waals surface area contributed by atoms with Crippen LogP contribution in [0.1, 0.15) is 24.1 Å². The monoisotopic (exact) mass is 399 g/mol. The van der Waals surface area contributed by atoms with Crippen molar-refractivity contribution >= 4 is 10.0 Å². The Bertz CT molecular complexity index is 877. The fourth-order valence-electron chi connectivity index (χ4n) is 3.49. The highest BCUT2D eigenvalue weighted by Gasteiger charge is 2.40. The standard InChI is InChI=1S/C19H21F3N2O2S/c1-15(16-7-3-2-4-8-16)23-11-13-24(14-12-23)27(25,26)18-10-6-5-9-17(18)19(20,21)22/h2-10,15H,11-14H2,1H3/p+1/t15-/m1/s1. The predicted octanol–water partition coefficient (Wildman–Crippen LogP) is 2.36. The maximum Gasteiger partial charge on any atom is 0.417 e. The third-order valence-corrected chi connectivity index (χ3v) is 7.04. The number of halogens is 3. The number of piperazine rings is 1. The van der Waals surface area contributed by atoms with E-state index in [1.165, 1.54) is 21.3 Å². The molecule has 2 aromatic rings. The van der Waals surface area contributed by atoms with E-state index in [0.29, 0.717) is 13.1 Å². The van der Waals surface area contributed by atoms with Crippen LogP contribution in [0.5, 0.6) is 0 Å². The maximum absolute atomic E-state index is 13.2. The maximum atomic E-state index is 13.2. The van der Waals surface area contributed by atoms with Gasteiger partial charge in [-0.25, -0.2) is 8.42 Å². The molecule has 0 unspecified atom stereocenters. The van der Waals surface area contributed by atoms with E-state index in [1.54, 1.807) is 0 Å². The van der Waals surface area contributed by atoms with E-state index in [4.69, 9.17) is 0 Å². The smallest absolute Gasteiger partial charge is 0.327 e. The van der Waals surface area contributed by atoms with Gasteiger partial charge in [0.25, 0.3) is 0 Å². The van der Waals surface area contributed by atoms with Gasteiger partial charge in [-0.05, 0) is 19.1 Å². The average molecular weight is 399 g/mol. The van der Waals surface area contributed by atoms with Gasteiger partial charge in [-0.2, -0.15) is 17.5 Å². The number of hydrogen-bond acceptors (Lipinski definition) is 2. The molecule has 0 aromatic heterocycles. The average Bonchev–Trinajstić information content (AvgIpc) is 2.67. The highest BCUT2D eigenvalue weighted by Crippen LogP contribution is 2.35. The Balaban J connectivity index is 1.76. The molecule has 27 heavy (non-hydrogen) atoms. The molecule has 1 N–H and O–H groups in total. The summed E-state index contributed by atoms with van der Waals surface area (Å²) in [6.45, 7) is 3.56. The largest absolute Gasteiger partial charge is 0.417 e. The van der Waals surface area contributed by atoms with Crippen molar-refractivity contribution in [2.45, 2.75) is 24.0 Å². The van der Waals surface area contributed by atoms with Crippen LogP contribution in [0.2, 0.25) is 0 Å². The van der Waals surface area contributed by atoms with Crippen LogP contribution in [-0.4, -0.2) is 38.9 Å². The molecule has 0 saturated carbocycles. The van der Waals surface area contributed by atoms with Gasteiger partial charge in [-0.15, -0.1) is 0 Å². The molecule has 1 heterocycles. The molecule has 0 bridgehead atoms. The highest BCUT2D eigenvalue weighted by molar-refractivity contribution is 7.89. The van der Waals surface area contributed by atoms with Crippen LogP contribution < -0.4 is 4.90 Å². The van der Waals surface area contributed by atoms with Crippen molar-refractivity contribution < 1.29 is 26.5 Å². The number of benzene rings is 2. The van der Waals surface area contributed by atoms with Crippen molar-refractivity contribution in [1.29, 1.82) is 0 Å². The molecule has 8 heteroatoms. The van der Waals surface area contributed by atoms with E-state index in [9.17, 15) is 21.6 Å². The Morgan fingerprint density at radius 2 is 1.52 bits per heavy atom. The van der Waals surface area contributed by atoms with Gasteiger partial charge in [0.2, 0.25) is 10.0 Å². The number of alkyl halides is 3.